The van der Waals surface area contributed by atoms with Gasteiger partial charge in [0.1, 0.15) is 0 Å². The lowest BCUT2D eigenvalue weighted by molar-refractivity contribution is 0.0759. The van der Waals surface area contributed by atoms with Crippen molar-refractivity contribution in [2.24, 2.45) is 0 Å². The zero-order valence-electron chi connectivity index (χ0n) is 19.7. The fraction of sp³-hybridized carbons (Fsp3) is 0.333. The molecule has 6 nitrogen and oxygen atoms in total. The second kappa shape index (κ2) is 11.0. The van der Waals surface area contributed by atoms with E-state index in [2.05, 4.69) is 17.0 Å². The largest absolute Gasteiger partial charge is 0.395 e. The number of carbonyl (C=O) groups excluding carboxylic acids is 1. The molecule has 0 radical (unpaired) electrons. The molecule has 0 unspecified atom stereocenters. The lowest BCUT2D eigenvalue weighted by Gasteiger charge is -2.21. The van der Waals surface area contributed by atoms with Crippen LogP contribution in [0.15, 0.2) is 48.5 Å². The molecule has 0 bridgehead atoms. The molecule has 1 N–H and O–H groups in total. The van der Waals surface area contributed by atoms with Gasteiger partial charge in [-0.3, -0.25) is 9.69 Å². The molecule has 178 valence electrons. The molecule has 0 atom stereocenters. The van der Waals surface area contributed by atoms with Crippen LogP contribution in [0.25, 0.3) is 17.8 Å². The molecular weight excluding hydrogens is 448 g/mol. The zero-order valence-corrected chi connectivity index (χ0v) is 20.5. The average Bonchev–Trinajstić information content (AvgIpc) is 2.98. The van der Waals surface area contributed by atoms with Crippen molar-refractivity contribution in [3.05, 3.63) is 81.6 Å². The van der Waals surface area contributed by atoms with Crippen LogP contribution in [0.1, 0.15) is 39.3 Å². The van der Waals surface area contributed by atoms with Crippen LogP contribution in [-0.2, 0) is 0 Å². The van der Waals surface area contributed by atoms with Gasteiger partial charge in [-0.15, -0.1) is 0 Å². The third-order valence-corrected chi connectivity index (χ3v) is 6.50. The maximum atomic E-state index is 13.4. The summed E-state index contributed by atoms with van der Waals surface area (Å²) in [4.78, 5) is 17.6. The van der Waals surface area contributed by atoms with Gasteiger partial charge < -0.3 is 10.0 Å². The van der Waals surface area contributed by atoms with Gasteiger partial charge in [0, 0.05) is 31.2 Å². The van der Waals surface area contributed by atoms with E-state index < -0.39 is 0 Å². The van der Waals surface area contributed by atoms with E-state index >= 15 is 0 Å². The summed E-state index contributed by atoms with van der Waals surface area (Å²) >= 11 is 5.97. The predicted molar refractivity (Wildman–Crippen MR) is 137 cm³/mol. The first kappa shape index (κ1) is 24.2. The summed E-state index contributed by atoms with van der Waals surface area (Å²) in [5.74, 6) is 0.0332. The lowest BCUT2D eigenvalue weighted by atomic mass is 10.1. The Morgan fingerprint density at radius 3 is 2.56 bits per heavy atom. The normalized spacial score (nSPS) is 15.1. The molecular formula is C27H31ClN4O2. The monoisotopic (exact) mass is 478 g/mol. The second-order valence-electron chi connectivity index (χ2n) is 8.65. The van der Waals surface area contributed by atoms with E-state index in [-0.39, 0.29) is 12.5 Å². The third-order valence-electron chi connectivity index (χ3n) is 6.25. The van der Waals surface area contributed by atoms with Gasteiger partial charge in [-0.2, -0.15) is 5.10 Å². The first-order valence-electron chi connectivity index (χ1n) is 11.7. The fourth-order valence-corrected chi connectivity index (χ4v) is 4.55. The molecule has 1 saturated heterocycles. The smallest absolute Gasteiger partial charge is 0.257 e. The van der Waals surface area contributed by atoms with Gasteiger partial charge >= 0.3 is 0 Å². The molecule has 7 heteroatoms. The Bertz CT molecular complexity index is 1170. The van der Waals surface area contributed by atoms with Crippen LogP contribution < -0.4 is 0 Å². The Kier molecular flexibility index (Phi) is 7.83. The third kappa shape index (κ3) is 5.58. The summed E-state index contributed by atoms with van der Waals surface area (Å²) in [6.45, 7) is 7.71. The zero-order chi connectivity index (χ0) is 24.1. The van der Waals surface area contributed by atoms with Crippen molar-refractivity contribution in [2.75, 3.05) is 39.3 Å². The van der Waals surface area contributed by atoms with E-state index in [9.17, 15) is 9.90 Å². The van der Waals surface area contributed by atoms with E-state index in [1.807, 2.05) is 72.0 Å². The van der Waals surface area contributed by atoms with Crippen LogP contribution in [0.5, 0.6) is 0 Å². The summed E-state index contributed by atoms with van der Waals surface area (Å²) in [7, 11) is 0. The van der Waals surface area contributed by atoms with Gasteiger partial charge in [0.2, 0.25) is 0 Å². The lowest BCUT2D eigenvalue weighted by Crippen LogP contribution is -2.36. The number of β-amino-alcohol motifs (C(OH)–C–C–N with tert-alkyl or cyclic N) is 1. The molecule has 1 amide bonds. The molecule has 1 fully saturated rings. The Balaban J connectivity index is 1.54. The van der Waals surface area contributed by atoms with Crippen molar-refractivity contribution in [1.29, 1.82) is 0 Å². The molecule has 2 heterocycles. The quantitative estimate of drug-likeness (QED) is 0.531. The minimum Gasteiger partial charge on any atom is -0.395 e. The maximum absolute atomic E-state index is 13.4. The van der Waals surface area contributed by atoms with Crippen molar-refractivity contribution in [1.82, 2.24) is 19.6 Å². The highest BCUT2D eigenvalue weighted by Crippen LogP contribution is 2.22. The summed E-state index contributed by atoms with van der Waals surface area (Å²) in [5.41, 5.74) is 5.30. The van der Waals surface area contributed by atoms with Gasteiger partial charge in [0.15, 0.2) is 0 Å². The summed E-state index contributed by atoms with van der Waals surface area (Å²) in [6.07, 6.45) is 5.00. The van der Waals surface area contributed by atoms with Crippen LogP contribution in [-0.4, -0.2) is 69.9 Å². The topological polar surface area (TPSA) is 61.6 Å². The number of aliphatic hydroxyl groups is 1. The van der Waals surface area contributed by atoms with Crippen molar-refractivity contribution in [3.8, 4) is 5.69 Å². The van der Waals surface area contributed by atoms with E-state index in [1.54, 1.807) is 0 Å². The first-order chi connectivity index (χ1) is 16.5. The molecule has 3 aromatic rings. The van der Waals surface area contributed by atoms with Crippen molar-refractivity contribution in [3.63, 3.8) is 0 Å². The van der Waals surface area contributed by atoms with Crippen LogP contribution in [0, 0.1) is 13.8 Å². The molecule has 34 heavy (non-hydrogen) atoms. The molecule has 0 saturated carbocycles. The summed E-state index contributed by atoms with van der Waals surface area (Å²) in [6, 6.07) is 15.8. The Labute approximate surface area is 206 Å². The van der Waals surface area contributed by atoms with E-state index in [1.165, 1.54) is 0 Å². The Morgan fingerprint density at radius 2 is 1.79 bits per heavy atom. The first-order valence-corrected chi connectivity index (χ1v) is 12.1. The molecule has 1 aliphatic rings. The minimum absolute atomic E-state index is 0.0332. The number of carbonyl (C=O) groups is 1. The molecule has 1 aromatic heterocycles. The number of aryl methyl sites for hydroxylation is 1. The molecule has 0 aliphatic carbocycles. The number of hydrogen-bond acceptors (Lipinski definition) is 4. The fourth-order valence-electron chi connectivity index (χ4n) is 4.43. The van der Waals surface area contributed by atoms with Gasteiger partial charge in [0.25, 0.3) is 5.91 Å². The van der Waals surface area contributed by atoms with E-state index in [0.717, 1.165) is 59.3 Å². The van der Waals surface area contributed by atoms with Gasteiger partial charge in [-0.1, -0.05) is 48.0 Å². The number of benzene rings is 2. The summed E-state index contributed by atoms with van der Waals surface area (Å²) < 4.78 is 1.86. The van der Waals surface area contributed by atoms with Crippen LogP contribution >= 0.6 is 11.6 Å². The maximum Gasteiger partial charge on any atom is 0.257 e. The average molecular weight is 479 g/mol. The van der Waals surface area contributed by atoms with Crippen LogP contribution in [0.2, 0.25) is 5.02 Å². The number of hydrogen-bond donors (Lipinski definition) is 1. The minimum atomic E-state index is 0.0332. The predicted octanol–water partition coefficient (Wildman–Crippen LogP) is 4.45. The highest BCUT2D eigenvalue weighted by Gasteiger charge is 2.26. The number of nitrogens with zero attached hydrogens (tertiary/aromatic N) is 4. The van der Waals surface area contributed by atoms with Crippen molar-refractivity contribution in [2.45, 2.75) is 20.3 Å². The van der Waals surface area contributed by atoms with E-state index in [0.29, 0.717) is 18.7 Å². The number of aliphatic hydroxyl groups excluding tert-OH is 1. The van der Waals surface area contributed by atoms with Crippen LogP contribution in [0.3, 0.4) is 0 Å². The Hall–Kier alpha value is -2.93. The van der Waals surface area contributed by atoms with Gasteiger partial charge in [0.05, 0.1) is 29.2 Å². The molecule has 0 spiro atoms. The van der Waals surface area contributed by atoms with Gasteiger partial charge in [-0.25, -0.2) is 4.68 Å². The summed E-state index contributed by atoms with van der Waals surface area (Å²) in [5, 5.41) is 14.7. The van der Waals surface area contributed by atoms with Crippen molar-refractivity contribution >= 4 is 29.7 Å². The Morgan fingerprint density at radius 1 is 1.03 bits per heavy atom. The van der Waals surface area contributed by atoms with E-state index in [4.69, 9.17) is 16.7 Å². The number of amides is 1. The van der Waals surface area contributed by atoms with Crippen LogP contribution in [0.4, 0.5) is 0 Å². The second-order valence-corrected chi connectivity index (χ2v) is 9.08. The number of halogens is 1. The molecule has 1 aliphatic heterocycles. The standard InChI is InChI=1S/C27H31ClN4O2/c1-20-26(27(34)31-14-4-13-30(15-16-31)17-18-33)21(2)32(29-20)25-6-3-5-23(19-25)8-7-22-9-11-24(28)12-10-22/h3,5-12,19,33H,4,13-18H2,1-2H3. The highest BCUT2D eigenvalue weighted by atomic mass is 35.5. The van der Waals surface area contributed by atoms with Gasteiger partial charge in [-0.05, 0) is 62.2 Å². The SMILES string of the molecule is Cc1nn(-c2cccc(C=Cc3ccc(Cl)cc3)c2)c(C)c1C(=O)N1CCCN(CCO)CC1. The number of rotatable bonds is 6. The molecule has 4 rings (SSSR count). The number of aromatic nitrogens is 2. The highest BCUT2D eigenvalue weighted by molar-refractivity contribution is 6.30. The van der Waals surface area contributed by atoms with Crippen molar-refractivity contribution < 1.29 is 9.90 Å². The molecule has 2 aromatic carbocycles.